The highest BCUT2D eigenvalue weighted by Gasteiger charge is 2.36. The molecule has 1 saturated heterocycles. The number of para-hydroxylation sites is 2. The number of amides is 1. The molecule has 158 valence electrons. The minimum Gasteiger partial charge on any atom is -0.383 e. The average molecular weight is 407 g/mol. The third-order valence-corrected chi connectivity index (χ3v) is 6.10. The van der Waals surface area contributed by atoms with Gasteiger partial charge in [-0.3, -0.25) is 9.69 Å². The van der Waals surface area contributed by atoms with Crippen LogP contribution in [0, 0.1) is 5.92 Å². The maximum atomic E-state index is 13.2. The molecule has 0 saturated carbocycles. The fourth-order valence-corrected chi connectivity index (χ4v) is 4.49. The van der Waals surface area contributed by atoms with E-state index >= 15 is 0 Å². The lowest BCUT2D eigenvalue weighted by Crippen LogP contribution is -2.52. The Morgan fingerprint density at radius 1 is 1.17 bits per heavy atom. The number of methoxy groups -OCH3 is 1. The Morgan fingerprint density at radius 2 is 1.93 bits per heavy atom. The Balaban J connectivity index is 1.45. The van der Waals surface area contributed by atoms with Crippen LogP contribution in [0.4, 0.5) is 0 Å². The van der Waals surface area contributed by atoms with Crippen LogP contribution in [0.3, 0.4) is 0 Å². The van der Waals surface area contributed by atoms with Gasteiger partial charge in [0.15, 0.2) is 0 Å². The van der Waals surface area contributed by atoms with E-state index in [2.05, 4.69) is 39.5 Å². The van der Waals surface area contributed by atoms with Gasteiger partial charge in [0.05, 0.1) is 30.1 Å². The number of aryl methyl sites for hydroxylation is 1. The van der Waals surface area contributed by atoms with Crippen LogP contribution >= 0.6 is 0 Å². The lowest BCUT2D eigenvalue weighted by atomic mass is 9.88. The van der Waals surface area contributed by atoms with E-state index in [4.69, 9.17) is 4.74 Å². The minimum absolute atomic E-state index is 0.0735. The maximum absolute atomic E-state index is 13.2. The number of hydrogen-bond donors (Lipinski definition) is 1. The summed E-state index contributed by atoms with van der Waals surface area (Å²) in [5.74, 6) is 0.865. The molecule has 0 spiro atoms. The summed E-state index contributed by atoms with van der Waals surface area (Å²) in [5.41, 5.74) is 3.29. The van der Waals surface area contributed by atoms with Crippen molar-refractivity contribution < 1.29 is 9.53 Å². The van der Waals surface area contributed by atoms with Crippen molar-refractivity contribution >= 4 is 16.9 Å². The van der Waals surface area contributed by atoms with Crippen molar-refractivity contribution in [2.24, 2.45) is 13.0 Å². The SMILES string of the molecule is COC[C@@H]1[C@H](C(=O)NCc2nc3ccccc3n2C)CCCN1Cc1ccccc1. The first-order valence-electron chi connectivity index (χ1n) is 10.6. The van der Waals surface area contributed by atoms with Crippen molar-refractivity contribution in [1.29, 1.82) is 0 Å². The van der Waals surface area contributed by atoms with Gasteiger partial charge in [0.1, 0.15) is 5.82 Å². The number of rotatable bonds is 7. The molecule has 1 aliphatic heterocycles. The Kier molecular flexibility index (Phi) is 6.45. The first kappa shape index (κ1) is 20.6. The van der Waals surface area contributed by atoms with E-state index in [0.717, 1.165) is 42.8 Å². The molecule has 1 N–H and O–H groups in total. The number of carbonyl (C=O) groups excluding carboxylic acids is 1. The molecule has 6 heteroatoms. The molecule has 0 bridgehead atoms. The van der Waals surface area contributed by atoms with Crippen LogP contribution < -0.4 is 5.32 Å². The third kappa shape index (κ3) is 4.40. The highest BCUT2D eigenvalue weighted by Crippen LogP contribution is 2.26. The fourth-order valence-electron chi connectivity index (χ4n) is 4.49. The second-order valence-electron chi connectivity index (χ2n) is 8.02. The van der Waals surface area contributed by atoms with Gasteiger partial charge in [0.25, 0.3) is 0 Å². The number of nitrogens with one attached hydrogen (secondary N) is 1. The molecular formula is C24H30N4O2. The van der Waals surface area contributed by atoms with Crippen molar-refractivity contribution in [1.82, 2.24) is 19.8 Å². The number of carbonyl (C=O) groups is 1. The second kappa shape index (κ2) is 9.41. The topological polar surface area (TPSA) is 59.4 Å². The number of imidazole rings is 1. The molecule has 30 heavy (non-hydrogen) atoms. The number of piperidine rings is 1. The maximum Gasteiger partial charge on any atom is 0.225 e. The Morgan fingerprint density at radius 3 is 2.70 bits per heavy atom. The molecule has 4 rings (SSSR count). The van der Waals surface area contributed by atoms with Gasteiger partial charge in [-0.2, -0.15) is 0 Å². The van der Waals surface area contributed by atoms with Crippen LogP contribution in [0.1, 0.15) is 24.2 Å². The first-order valence-corrected chi connectivity index (χ1v) is 10.6. The summed E-state index contributed by atoms with van der Waals surface area (Å²) >= 11 is 0. The Bertz CT molecular complexity index is 985. The summed E-state index contributed by atoms with van der Waals surface area (Å²) in [5, 5.41) is 3.14. The predicted molar refractivity (Wildman–Crippen MR) is 118 cm³/mol. The van der Waals surface area contributed by atoms with Gasteiger partial charge >= 0.3 is 0 Å². The average Bonchev–Trinajstić information content (AvgIpc) is 3.10. The molecule has 1 fully saturated rings. The summed E-state index contributed by atoms with van der Waals surface area (Å²) in [4.78, 5) is 20.2. The summed E-state index contributed by atoms with van der Waals surface area (Å²) in [7, 11) is 3.70. The Hall–Kier alpha value is -2.70. The number of hydrogen-bond acceptors (Lipinski definition) is 4. The van der Waals surface area contributed by atoms with E-state index in [1.165, 1.54) is 5.56 Å². The van der Waals surface area contributed by atoms with Crippen molar-refractivity contribution in [3.63, 3.8) is 0 Å². The summed E-state index contributed by atoms with van der Waals surface area (Å²) in [6, 6.07) is 18.5. The van der Waals surface area contributed by atoms with Crippen LogP contribution in [0.15, 0.2) is 54.6 Å². The van der Waals surface area contributed by atoms with E-state index in [-0.39, 0.29) is 17.9 Å². The lowest BCUT2D eigenvalue weighted by Gasteiger charge is -2.40. The summed E-state index contributed by atoms with van der Waals surface area (Å²) in [6.07, 6.45) is 1.89. The summed E-state index contributed by atoms with van der Waals surface area (Å²) < 4.78 is 7.56. The number of benzene rings is 2. The normalized spacial score (nSPS) is 19.8. The second-order valence-corrected chi connectivity index (χ2v) is 8.02. The molecule has 0 radical (unpaired) electrons. The van der Waals surface area contributed by atoms with Crippen LogP contribution in [-0.4, -0.2) is 46.7 Å². The van der Waals surface area contributed by atoms with Gasteiger partial charge < -0.3 is 14.6 Å². The lowest BCUT2D eigenvalue weighted by molar-refractivity contribution is -0.130. The van der Waals surface area contributed by atoms with Gasteiger partial charge in [-0.05, 0) is 37.1 Å². The third-order valence-electron chi connectivity index (χ3n) is 6.10. The molecule has 0 aliphatic carbocycles. The smallest absolute Gasteiger partial charge is 0.225 e. The van der Waals surface area contributed by atoms with Crippen molar-refractivity contribution in [3.8, 4) is 0 Å². The fraction of sp³-hybridized carbons (Fsp3) is 0.417. The monoisotopic (exact) mass is 406 g/mol. The van der Waals surface area contributed by atoms with E-state index in [1.54, 1.807) is 7.11 Å². The molecule has 2 heterocycles. The molecule has 0 unspecified atom stereocenters. The molecule has 1 aliphatic rings. The quantitative estimate of drug-likeness (QED) is 0.655. The molecule has 1 aromatic heterocycles. The zero-order chi connectivity index (χ0) is 20.9. The number of aromatic nitrogens is 2. The van der Waals surface area contributed by atoms with Crippen molar-refractivity contribution in [3.05, 3.63) is 66.0 Å². The van der Waals surface area contributed by atoms with Gasteiger partial charge in [-0.1, -0.05) is 42.5 Å². The summed E-state index contributed by atoms with van der Waals surface area (Å²) in [6.45, 7) is 2.80. The van der Waals surface area contributed by atoms with E-state index < -0.39 is 0 Å². The van der Waals surface area contributed by atoms with Gasteiger partial charge in [-0.25, -0.2) is 4.98 Å². The van der Waals surface area contributed by atoms with Crippen molar-refractivity contribution in [2.75, 3.05) is 20.3 Å². The van der Waals surface area contributed by atoms with Crippen LogP contribution in [0.5, 0.6) is 0 Å². The molecule has 6 nitrogen and oxygen atoms in total. The predicted octanol–water partition coefficient (Wildman–Crippen LogP) is 3.12. The molecule has 1 amide bonds. The molecular weight excluding hydrogens is 376 g/mol. The number of likely N-dealkylation sites (tertiary alicyclic amines) is 1. The number of ether oxygens (including phenoxy) is 1. The van der Waals surface area contributed by atoms with Gasteiger partial charge in [-0.15, -0.1) is 0 Å². The standard InChI is InChI=1S/C24H30N4O2/c1-27-21-13-7-6-12-20(21)26-23(27)15-25-24(29)19-11-8-14-28(22(19)17-30-2)16-18-9-4-3-5-10-18/h3-7,9-10,12-13,19,22H,8,11,14-17H2,1-2H3,(H,25,29)/t19-,22-/m1/s1. The van der Waals surface area contributed by atoms with Crippen LogP contribution in [0.25, 0.3) is 11.0 Å². The molecule has 3 aromatic rings. The zero-order valence-electron chi connectivity index (χ0n) is 17.8. The highest BCUT2D eigenvalue weighted by atomic mass is 16.5. The minimum atomic E-state index is -0.0860. The van der Waals surface area contributed by atoms with Crippen LogP contribution in [0.2, 0.25) is 0 Å². The molecule has 2 atom stereocenters. The van der Waals surface area contributed by atoms with Crippen molar-refractivity contribution in [2.45, 2.75) is 32.0 Å². The first-order chi connectivity index (χ1) is 14.7. The van der Waals surface area contributed by atoms with E-state index in [9.17, 15) is 4.79 Å². The largest absolute Gasteiger partial charge is 0.383 e. The Labute approximate surface area is 177 Å². The molecule has 2 aromatic carbocycles. The van der Waals surface area contributed by atoms with Crippen LogP contribution in [-0.2, 0) is 29.7 Å². The van der Waals surface area contributed by atoms with Gasteiger partial charge in [0.2, 0.25) is 5.91 Å². The number of fused-ring (bicyclic) bond motifs is 1. The van der Waals surface area contributed by atoms with Gasteiger partial charge in [0, 0.05) is 26.7 Å². The zero-order valence-corrected chi connectivity index (χ0v) is 17.8. The van der Waals surface area contributed by atoms with E-state index in [0.29, 0.717) is 13.2 Å². The number of nitrogens with zero attached hydrogens (tertiary/aromatic N) is 3. The highest BCUT2D eigenvalue weighted by molar-refractivity contribution is 5.80. The van der Waals surface area contributed by atoms with E-state index in [1.807, 2.05) is 41.9 Å².